The fourth-order valence-corrected chi connectivity index (χ4v) is 6.67. The molecule has 94 valence electrons. The van der Waals surface area contributed by atoms with Gasteiger partial charge in [-0.2, -0.15) is 0 Å². The summed E-state index contributed by atoms with van der Waals surface area (Å²) in [7, 11) is 6.43. The maximum atomic E-state index is 9.32. The number of hydrogen-bond donors (Lipinski definition) is 2. The number of phenols is 2. The Morgan fingerprint density at radius 1 is 0.667 bits per heavy atom. The van der Waals surface area contributed by atoms with Crippen molar-refractivity contribution in [2.24, 2.45) is 0 Å². The third-order valence-corrected chi connectivity index (χ3v) is 7.96. The van der Waals surface area contributed by atoms with Crippen LogP contribution >= 0.6 is 41.2 Å². The molecule has 0 saturated heterocycles. The van der Waals surface area contributed by atoms with E-state index in [1.165, 1.54) is 0 Å². The summed E-state index contributed by atoms with van der Waals surface area (Å²) in [5.41, 5.74) is 0. The molecule has 0 saturated carbocycles. The van der Waals surface area contributed by atoms with Gasteiger partial charge in [0.25, 0.3) is 0 Å². The van der Waals surface area contributed by atoms with Crippen LogP contribution in [-0.2, 0) is 0 Å². The van der Waals surface area contributed by atoms with Crippen LogP contribution in [0.4, 0.5) is 0 Å². The molecule has 2 rings (SSSR count). The molecular weight excluding hydrogens is 304 g/mol. The Hall–Kier alpha value is -0.560. The van der Waals surface area contributed by atoms with Crippen molar-refractivity contribution >= 4 is 41.2 Å². The highest BCUT2D eigenvalue weighted by molar-refractivity contribution is 9.26. The average Bonchev–Trinajstić information content (AvgIpc) is 2.35. The van der Waals surface area contributed by atoms with E-state index in [0.29, 0.717) is 0 Å². The van der Waals surface area contributed by atoms with Crippen molar-refractivity contribution in [2.75, 3.05) is 0 Å². The Balaban J connectivity index is 1.76. The number of phenolic OH excluding ortho intramolecular Hbond substituents is 2. The van der Waals surface area contributed by atoms with Crippen LogP contribution in [0.3, 0.4) is 0 Å². The summed E-state index contributed by atoms with van der Waals surface area (Å²) in [6.07, 6.45) is 0. The molecule has 0 aliphatic heterocycles. The van der Waals surface area contributed by atoms with Gasteiger partial charge in [0.05, 0.1) is 0 Å². The lowest BCUT2D eigenvalue weighted by Crippen LogP contribution is -1.67. The number of aromatic hydroxyl groups is 2. The van der Waals surface area contributed by atoms with Crippen molar-refractivity contribution < 1.29 is 10.2 Å². The maximum Gasteiger partial charge on any atom is 0.116 e. The highest BCUT2D eigenvalue weighted by atomic mass is 33.7. The minimum atomic E-state index is 0.284. The Kier molecular flexibility index (Phi) is 5.49. The molecule has 0 spiro atoms. The smallest absolute Gasteiger partial charge is 0.116 e. The molecule has 0 radical (unpaired) electrons. The predicted molar refractivity (Wildman–Crippen MR) is 83.1 cm³/mol. The highest BCUT2D eigenvalue weighted by Crippen LogP contribution is 2.49. The summed E-state index contributed by atoms with van der Waals surface area (Å²) < 4.78 is 0. The zero-order valence-electron chi connectivity index (χ0n) is 9.15. The van der Waals surface area contributed by atoms with Crippen LogP contribution < -0.4 is 0 Å². The molecule has 0 atom stereocenters. The minimum absolute atomic E-state index is 0.284. The largest absolute Gasteiger partial charge is 0.508 e. The van der Waals surface area contributed by atoms with Crippen LogP contribution in [0.15, 0.2) is 58.3 Å². The maximum absolute atomic E-state index is 9.32. The van der Waals surface area contributed by atoms with E-state index >= 15 is 0 Å². The van der Waals surface area contributed by atoms with E-state index in [-0.39, 0.29) is 11.5 Å². The predicted octanol–water partition coefficient (Wildman–Crippen LogP) is 5.19. The first kappa shape index (κ1) is 13.9. The second kappa shape index (κ2) is 7.13. The Labute approximate surface area is 121 Å². The van der Waals surface area contributed by atoms with Crippen molar-refractivity contribution in [3.05, 3.63) is 48.5 Å². The summed E-state index contributed by atoms with van der Waals surface area (Å²) in [6, 6.07) is 14.3. The second-order valence-electron chi connectivity index (χ2n) is 3.30. The Morgan fingerprint density at radius 3 is 1.50 bits per heavy atom. The number of benzene rings is 2. The van der Waals surface area contributed by atoms with E-state index < -0.39 is 0 Å². The summed E-state index contributed by atoms with van der Waals surface area (Å²) in [5, 5.41) is 18.6. The van der Waals surface area contributed by atoms with E-state index in [1.54, 1.807) is 65.5 Å². The van der Waals surface area contributed by atoms with Gasteiger partial charge in [0.15, 0.2) is 0 Å². The summed E-state index contributed by atoms with van der Waals surface area (Å²) >= 11 is 0. The topological polar surface area (TPSA) is 40.5 Å². The molecule has 0 aliphatic rings. The molecule has 2 N–H and O–H groups in total. The normalized spacial score (nSPS) is 10.4. The van der Waals surface area contributed by atoms with Gasteiger partial charge in [-0.05, 0) is 77.6 Å². The lowest BCUT2D eigenvalue weighted by atomic mass is 10.3. The van der Waals surface area contributed by atoms with Gasteiger partial charge < -0.3 is 10.2 Å². The third-order valence-electron chi connectivity index (χ3n) is 1.92. The summed E-state index contributed by atoms with van der Waals surface area (Å²) in [6.45, 7) is 0. The lowest BCUT2D eigenvalue weighted by molar-refractivity contribution is 0.473. The standard InChI is InChI=1S/C12H10O2S4/c13-9-3-1-5-11(7-9)15-17-18-16-12-6-2-4-10(14)8-12/h1-8,13-14H. The van der Waals surface area contributed by atoms with E-state index in [1.807, 2.05) is 24.3 Å². The first-order valence-corrected chi connectivity index (χ1v) is 9.81. The van der Waals surface area contributed by atoms with Crippen molar-refractivity contribution in [1.82, 2.24) is 0 Å². The van der Waals surface area contributed by atoms with Crippen molar-refractivity contribution in [2.45, 2.75) is 9.79 Å². The van der Waals surface area contributed by atoms with E-state index in [9.17, 15) is 10.2 Å². The van der Waals surface area contributed by atoms with Gasteiger partial charge in [-0.25, -0.2) is 0 Å². The molecular formula is C12H10O2S4. The van der Waals surface area contributed by atoms with E-state index in [4.69, 9.17) is 0 Å². The second-order valence-corrected chi connectivity index (χ2v) is 9.11. The zero-order valence-corrected chi connectivity index (χ0v) is 12.4. The molecule has 6 heteroatoms. The SMILES string of the molecule is Oc1cccc(SSSSc2cccc(O)c2)c1. The zero-order chi connectivity index (χ0) is 12.8. The van der Waals surface area contributed by atoms with Gasteiger partial charge in [0.1, 0.15) is 11.5 Å². The minimum Gasteiger partial charge on any atom is -0.508 e. The van der Waals surface area contributed by atoms with Gasteiger partial charge in [-0.1, -0.05) is 12.1 Å². The summed E-state index contributed by atoms with van der Waals surface area (Å²) in [5.74, 6) is 0.567. The average molecular weight is 314 g/mol. The lowest BCUT2D eigenvalue weighted by Gasteiger charge is -2.01. The molecule has 0 heterocycles. The fraction of sp³-hybridized carbons (Fsp3) is 0. The first-order chi connectivity index (χ1) is 8.74. The molecule has 2 aromatic rings. The van der Waals surface area contributed by atoms with Gasteiger partial charge in [-0.15, -0.1) is 0 Å². The van der Waals surface area contributed by atoms with Crippen LogP contribution in [0.1, 0.15) is 0 Å². The Bertz CT molecular complexity index is 471. The fourth-order valence-electron chi connectivity index (χ4n) is 1.18. The third kappa shape index (κ3) is 4.61. The number of rotatable bonds is 5. The van der Waals surface area contributed by atoms with Crippen molar-refractivity contribution in [3.63, 3.8) is 0 Å². The van der Waals surface area contributed by atoms with E-state index in [0.717, 1.165) is 9.79 Å². The van der Waals surface area contributed by atoms with Crippen LogP contribution in [-0.4, -0.2) is 10.2 Å². The quantitative estimate of drug-likeness (QED) is 0.584. The molecule has 2 nitrogen and oxygen atoms in total. The first-order valence-electron chi connectivity index (χ1n) is 5.00. The molecule has 0 bridgehead atoms. The van der Waals surface area contributed by atoms with Gasteiger partial charge in [-0.3, -0.25) is 0 Å². The number of hydrogen-bond acceptors (Lipinski definition) is 6. The molecule has 18 heavy (non-hydrogen) atoms. The van der Waals surface area contributed by atoms with Crippen LogP contribution in [0, 0.1) is 0 Å². The highest BCUT2D eigenvalue weighted by Gasteiger charge is 2.00. The summed E-state index contributed by atoms with van der Waals surface area (Å²) in [4.78, 5) is 2.04. The van der Waals surface area contributed by atoms with Crippen molar-refractivity contribution in [1.29, 1.82) is 0 Å². The van der Waals surface area contributed by atoms with Gasteiger partial charge in [0, 0.05) is 9.79 Å². The van der Waals surface area contributed by atoms with Crippen molar-refractivity contribution in [3.8, 4) is 11.5 Å². The molecule has 0 fully saturated rings. The van der Waals surface area contributed by atoms with Gasteiger partial charge >= 0.3 is 0 Å². The van der Waals surface area contributed by atoms with E-state index in [2.05, 4.69) is 0 Å². The Morgan fingerprint density at radius 2 is 1.11 bits per heavy atom. The van der Waals surface area contributed by atoms with Crippen LogP contribution in [0.25, 0.3) is 0 Å². The molecule has 2 aromatic carbocycles. The molecule has 0 amide bonds. The molecule has 0 unspecified atom stereocenters. The molecule has 0 aromatic heterocycles. The van der Waals surface area contributed by atoms with Crippen LogP contribution in [0.2, 0.25) is 0 Å². The van der Waals surface area contributed by atoms with Crippen LogP contribution in [0.5, 0.6) is 11.5 Å². The molecule has 0 aliphatic carbocycles. The van der Waals surface area contributed by atoms with Gasteiger partial charge in [0.2, 0.25) is 0 Å². The monoisotopic (exact) mass is 314 g/mol.